The molecule has 0 fully saturated rings. The van der Waals surface area contributed by atoms with Crippen molar-refractivity contribution >= 4 is 5.91 Å². The molecule has 3 heteroatoms. The molecule has 0 aliphatic carbocycles. The Bertz CT molecular complexity index is 391. The molecule has 0 aliphatic heterocycles. The highest BCUT2D eigenvalue weighted by Gasteiger charge is 2.28. The maximum absolute atomic E-state index is 12.6. The van der Waals surface area contributed by atoms with Gasteiger partial charge in [-0.05, 0) is 39.4 Å². The molecule has 1 aromatic carbocycles. The first kappa shape index (κ1) is 15.7. The third-order valence-corrected chi connectivity index (χ3v) is 3.04. The SMILES string of the molecule is CCN(CC)C(C(=O)NC(C)(C)C)c1ccccc1. The molecule has 0 saturated carbocycles. The van der Waals surface area contributed by atoms with Gasteiger partial charge in [0.25, 0.3) is 0 Å². The van der Waals surface area contributed by atoms with Crippen LogP contribution in [0.2, 0.25) is 0 Å². The first-order chi connectivity index (χ1) is 8.89. The maximum Gasteiger partial charge on any atom is 0.242 e. The second kappa shape index (κ2) is 6.71. The predicted molar refractivity (Wildman–Crippen MR) is 80.0 cm³/mol. The largest absolute Gasteiger partial charge is 0.350 e. The summed E-state index contributed by atoms with van der Waals surface area (Å²) in [7, 11) is 0. The Kier molecular flexibility index (Phi) is 5.55. The van der Waals surface area contributed by atoms with Crippen LogP contribution in [0.5, 0.6) is 0 Å². The number of hydrogen-bond acceptors (Lipinski definition) is 2. The Hall–Kier alpha value is -1.35. The number of nitrogens with one attached hydrogen (secondary N) is 1. The van der Waals surface area contributed by atoms with Gasteiger partial charge < -0.3 is 5.32 Å². The van der Waals surface area contributed by atoms with Gasteiger partial charge in [-0.2, -0.15) is 0 Å². The Labute approximate surface area is 117 Å². The highest BCUT2D eigenvalue weighted by atomic mass is 16.2. The van der Waals surface area contributed by atoms with Crippen molar-refractivity contribution in [3.05, 3.63) is 35.9 Å². The lowest BCUT2D eigenvalue weighted by Gasteiger charge is -2.32. The van der Waals surface area contributed by atoms with Crippen LogP contribution in [0.3, 0.4) is 0 Å². The van der Waals surface area contributed by atoms with Crippen molar-refractivity contribution < 1.29 is 4.79 Å². The van der Waals surface area contributed by atoms with Gasteiger partial charge in [-0.1, -0.05) is 44.2 Å². The lowest BCUT2D eigenvalue weighted by atomic mass is 10.0. The number of hydrogen-bond donors (Lipinski definition) is 1. The highest BCUT2D eigenvalue weighted by Crippen LogP contribution is 2.21. The van der Waals surface area contributed by atoms with Crippen LogP contribution in [0.4, 0.5) is 0 Å². The topological polar surface area (TPSA) is 32.3 Å². The van der Waals surface area contributed by atoms with E-state index in [1.165, 1.54) is 0 Å². The molecule has 0 saturated heterocycles. The summed E-state index contributed by atoms with van der Waals surface area (Å²) in [4.78, 5) is 14.7. The Morgan fingerprint density at radius 2 is 1.68 bits per heavy atom. The molecule has 0 spiro atoms. The van der Waals surface area contributed by atoms with E-state index in [9.17, 15) is 4.79 Å². The molecule has 1 aromatic rings. The summed E-state index contributed by atoms with van der Waals surface area (Å²) in [5, 5.41) is 3.09. The van der Waals surface area contributed by atoms with Crippen molar-refractivity contribution in [3.8, 4) is 0 Å². The fraction of sp³-hybridized carbons (Fsp3) is 0.562. The van der Waals surface area contributed by atoms with Crippen molar-refractivity contribution in [1.29, 1.82) is 0 Å². The van der Waals surface area contributed by atoms with Crippen molar-refractivity contribution in [3.63, 3.8) is 0 Å². The van der Waals surface area contributed by atoms with Gasteiger partial charge >= 0.3 is 0 Å². The van der Waals surface area contributed by atoms with Crippen LogP contribution in [-0.4, -0.2) is 29.4 Å². The van der Waals surface area contributed by atoms with Gasteiger partial charge in [0.05, 0.1) is 0 Å². The molecule has 106 valence electrons. The van der Waals surface area contributed by atoms with E-state index in [0.717, 1.165) is 18.7 Å². The monoisotopic (exact) mass is 262 g/mol. The van der Waals surface area contributed by atoms with E-state index < -0.39 is 0 Å². The second-order valence-corrected chi connectivity index (χ2v) is 5.77. The van der Waals surface area contributed by atoms with E-state index in [0.29, 0.717) is 0 Å². The van der Waals surface area contributed by atoms with Gasteiger partial charge in [0.2, 0.25) is 5.91 Å². The zero-order chi connectivity index (χ0) is 14.5. The summed E-state index contributed by atoms with van der Waals surface area (Å²) in [6.45, 7) is 11.9. The lowest BCUT2D eigenvalue weighted by Crippen LogP contribution is -2.47. The van der Waals surface area contributed by atoms with Gasteiger partial charge in [0.15, 0.2) is 0 Å². The number of likely N-dealkylation sites (N-methyl/N-ethyl adjacent to an activating group) is 1. The highest BCUT2D eigenvalue weighted by molar-refractivity contribution is 5.83. The zero-order valence-electron chi connectivity index (χ0n) is 12.7. The molecule has 1 N–H and O–H groups in total. The fourth-order valence-corrected chi connectivity index (χ4v) is 2.19. The minimum atomic E-state index is -0.213. The number of nitrogens with zero attached hydrogens (tertiary/aromatic N) is 1. The average Bonchev–Trinajstić information content (AvgIpc) is 2.34. The summed E-state index contributed by atoms with van der Waals surface area (Å²) in [6, 6.07) is 9.77. The molecule has 0 aliphatic rings. The van der Waals surface area contributed by atoms with Crippen molar-refractivity contribution in [1.82, 2.24) is 10.2 Å². The van der Waals surface area contributed by atoms with E-state index >= 15 is 0 Å². The molecule has 1 amide bonds. The summed E-state index contributed by atoms with van der Waals surface area (Å²) in [5.74, 6) is 0.0717. The van der Waals surface area contributed by atoms with E-state index in [2.05, 4.69) is 24.1 Å². The third-order valence-electron chi connectivity index (χ3n) is 3.04. The summed E-state index contributed by atoms with van der Waals surface area (Å²) < 4.78 is 0. The van der Waals surface area contributed by atoms with Crippen molar-refractivity contribution in [2.45, 2.75) is 46.2 Å². The normalized spacial score (nSPS) is 13.4. The Morgan fingerprint density at radius 1 is 1.16 bits per heavy atom. The Morgan fingerprint density at radius 3 is 2.11 bits per heavy atom. The lowest BCUT2D eigenvalue weighted by molar-refractivity contribution is -0.128. The van der Waals surface area contributed by atoms with Gasteiger partial charge in [-0.25, -0.2) is 0 Å². The van der Waals surface area contributed by atoms with Crippen LogP contribution < -0.4 is 5.32 Å². The predicted octanol–water partition coefficient (Wildman–Crippen LogP) is 2.98. The summed E-state index contributed by atoms with van der Waals surface area (Å²) >= 11 is 0. The van der Waals surface area contributed by atoms with Crippen molar-refractivity contribution in [2.24, 2.45) is 0 Å². The number of benzene rings is 1. The molecule has 1 atom stereocenters. The van der Waals surface area contributed by atoms with Gasteiger partial charge in [0.1, 0.15) is 6.04 Å². The summed E-state index contributed by atoms with van der Waals surface area (Å²) in [6.07, 6.45) is 0. The molecule has 3 nitrogen and oxygen atoms in total. The van der Waals surface area contributed by atoms with E-state index in [1.54, 1.807) is 0 Å². The van der Waals surface area contributed by atoms with Crippen molar-refractivity contribution in [2.75, 3.05) is 13.1 Å². The average molecular weight is 262 g/mol. The van der Waals surface area contributed by atoms with Gasteiger partial charge in [-0.15, -0.1) is 0 Å². The standard InChI is InChI=1S/C16H26N2O/c1-6-18(7-2)14(13-11-9-8-10-12-13)15(19)17-16(3,4)5/h8-12,14H,6-7H2,1-5H3,(H,17,19). The number of carbonyl (C=O) groups is 1. The minimum absolute atomic E-state index is 0.0717. The molecule has 0 aromatic heterocycles. The number of amides is 1. The van der Waals surface area contributed by atoms with Crippen LogP contribution in [0.25, 0.3) is 0 Å². The zero-order valence-corrected chi connectivity index (χ0v) is 12.7. The fourth-order valence-electron chi connectivity index (χ4n) is 2.19. The van der Waals surface area contributed by atoms with Crippen LogP contribution in [0.15, 0.2) is 30.3 Å². The van der Waals surface area contributed by atoms with Crippen LogP contribution in [0.1, 0.15) is 46.2 Å². The van der Waals surface area contributed by atoms with Gasteiger partial charge in [0, 0.05) is 5.54 Å². The molecule has 1 rings (SSSR count). The quantitative estimate of drug-likeness (QED) is 0.884. The van der Waals surface area contributed by atoms with E-state index in [4.69, 9.17) is 0 Å². The van der Waals surface area contributed by atoms with Crippen LogP contribution >= 0.6 is 0 Å². The van der Waals surface area contributed by atoms with E-state index in [1.807, 2.05) is 51.1 Å². The molecule has 0 heterocycles. The first-order valence-electron chi connectivity index (χ1n) is 7.00. The smallest absolute Gasteiger partial charge is 0.242 e. The second-order valence-electron chi connectivity index (χ2n) is 5.77. The molecule has 1 unspecified atom stereocenters. The number of carbonyl (C=O) groups excluding carboxylic acids is 1. The minimum Gasteiger partial charge on any atom is -0.350 e. The molecular weight excluding hydrogens is 236 g/mol. The first-order valence-corrected chi connectivity index (χ1v) is 7.00. The molecular formula is C16H26N2O. The maximum atomic E-state index is 12.6. The Balaban J connectivity index is 3.03. The summed E-state index contributed by atoms with van der Waals surface area (Å²) in [5.41, 5.74) is 0.838. The van der Waals surface area contributed by atoms with Crippen LogP contribution in [0, 0.1) is 0 Å². The molecule has 0 radical (unpaired) electrons. The van der Waals surface area contributed by atoms with E-state index in [-0.39, 0.29) is 17.5 Å². The van der Waals surface area contributed by atoms with Gasteiger partial charge in [-0.3, -0.25) is 9.69 Å². The third kappa shape index (κ3) is 4.67. The molecule has 19 heavy (non-hydrogen) atoms. The number of rotatable bonds is 5. The molecule has 0 bridgehead atoms. The van der Waals surface area contributed by atoms with Crippen LogP contribution in [-0.2, 0) is 4.79 Å².